The van der Waals surface area contributed by atoms with Gasteiger partial charge in [-0.25, -0.2) is 4.79 Å². The lowest BCUT2D eigenvalue weighted by Gasteiger charge is -2.28. The Bertz CT molecular complexity index is 696. The van der Waals surface area contributed by atoms with Crippen LogP contribution in [0.5, 0.6) is 0 Å². The average molecular weight is 428 g/mol. The largest absolute Gasteiger partial charge is 0.479 e. The molecular weight excluding hydrogens is 412 g/mol. The highest BCUT2D eigenvalue weighted by Crippen LogP contribution is 2.37. The molecule has 0 radical (unpaired) electrons. The molecule has 0 aliphatic carbocycles. The van der Waals surface area contributed by atoms with Crippen LogP contribution in [0.3, 0.4) is 0 Å². The van der Waals surface area contributed by atoms with E-state index in [2.05, 4.69) is 31.9 Å². The average Bonchev–Trinajstić information content (AvgIpc) is 2.46. The summed E-state index contributed by atoms with van der Waals surface area (Å²) in [6, 6.07) is 11.9. The Balaban J connectivity index is 2.72. The Morgan fingerprint density at radius 1 is 1.05 bits per heavy atom. The summed E-state index contributed by atoms with van der Waals surface area (Å²) in [7, 11) is 0. The number of hydrogen-bond donors (Lipinski definition) is 2. The van der Waals surface area contributed by atoms with Gasteiger partial charge in [0.1, 0.15) is 0 Å². The van der Waals surface area contributed by atoms with E-state index in [1.807, 2.05) is 19.9 Å². The Kier molecular flexibility index (Phi) is 5.10. The zero-order chi connectivity index (χ0) is 16.5. The number of carbonyl (C=O) groups is 1. The second kappa shape index (κ2) is 6.52. The summed E-state index contributed by atoms with van der Waals surface area (Å²) < 4.78 is 1.67. The van der Waals surface area contributed by atoms with Crippen LogP contribution in [0.1, 0.15) is 36.5 Å². The molecule has 5 heteroatoms. The van der Waals surface area contributed by atoms with Crippen LogP contribution in [-0.4, -0.2) is 16.2 Å². The Morgan fingerprint density at radius 2 is 1.59 bits per heavy atom. The second-order valence-electron chi connectivity index (χ2n) is 5.41. The third-order valence-corrected chi connectivity index (χ3v) is 4.62. The number of carboxylic acids is 1. The molecule has 2 aromatic rings. The maximum Gasteiger partial charge on any atom is 0.345 e. The van der Waals surface area contributed by atoms with Gasteiger partial charge in [0.15, 0.2) is 0 Å². The van der Waals surface area contributed by atoms with Crippen LogP contribution >= 0.6 is 31.9 Å². The Labute approximate surface area is 146 Å². The van der Waals surface area contributed by atoms with Crippen molar-refractivity contribution >= 4 is 37.8 Å². The molecule has 0 amide bonds. The molecule has 0 saturated carbocycles. The first kappa shape index (κ1) is 17.2. The van der Waals surface area contributed by atoms with Gasteiger partial charge < -0.3 is 10.2 Å². The zero-order valence-corrected chi connectivity index (χ0v) is 15.3. The van der Waals surface area contributed by atoms with Crippen molar-refractivity contribution in [1.29, 1.82) is 0 Å². The normalized spacial score (nSPS) is 13.9. The molecule has 2 N–H and O–H groups in total. The van der Waals surface area contributed by atoms with Gasteiger partial charge in [-0.2, -0.15) is 0 Å². The first-order valence-electron chi connectivity index (χ1n) is 6.78. The van der Waals surface area contributed by atoms with Crippen LogP contribution in [0, 0.1) is 0 Å². The molecule has 2 rings (SSSR count). The van der Waals surface area contributed by atoms with Gasteiger partial charge in [0.05, 0.1) is 0 Å². The maximum absolute atomic E-state index is 11.9. The number of aliphatic carboxylic acids is 1. The molecule has 0 aliphatic heterocycles. The van der Waals surface area contributed by atoms with Gasteiger partial charge >= 0.3 is 5.97 Å². The van der Waals surface area contributed by atoms with Crippen molar-refractivity contribution in [2.24, 2.45) is 0 Å². The molecule has 2 aromatic carbocycles. The quantitative estimate of drug-likeness (QED) is 0.746. The molecule has 116 valence electrons. The number of benzene rings is 2. The fourth-order valence-electron chi connectivity index (χ4n) is 2.43. The molecule has 0 saturated heterocycles. The van der Waals surface area contributed by atoms with Crippen molar-refractivity contribution in [3.05, 3.63) is 68.1 Å². The summed E-state index contributed by atoms with van der Waals surface area (Å²) in [5, 5.41) is 20.7. The summed E-state index contributed by atoms with van der Waals surface area (Å²) in [4.78, 5) is 11.9. The number of halogens is 2. The van der Waals surface area contributed by atoms with Gasteiger partial charge in [0.25, 0.3) is 0 Å². The van der Waals surface area contributed by atoms with Crippen LogP contribution in [0.4, 0.5) is 0 Å². The molecule has 0 fully saturated rings. The van der Waals surface area contributed by atoms with Crippen molar-refractivity contribution < 1.29 is 15.0 Å². The highest BCUT2D eigenvalue weighted by Gasteiger charge is 2.42. The van der Waals surface area contributed by atoms with Crippen molar-refractivity contribution in [2.75, 3.05) is 0 Å². The minimum absolute atomic E-state index is 0.0776. The molecule has 0 bridgehead atoms. The molecule has 0 aliphatic rings. The molecular formula is C17H16Br2O3. The van der Waals surface area contributed by atoms with E-state index in [0.717, 1.165) is 14.5 Å². The van der Waals surface area contributed by atoms with Gasteiger partial charge in [-0.15, -0.1) is 0 Å². The van der Waals surface area contributed by atoms with E-state index in [1.54, 1.807) is 36.4 Å². The fraction of sp³-hybridized carbons (Fsp3) is 0.235. The lowest BCUT2D eigenvalue weighted by Crippen LogP contribution is -2.38. The van der Waals surface area contributed by atoms with E-state index in [4.69, 9.17) is 0 Å². The highest BCUT2D eigenvalue weighted by atomic mass is 79.9. The number of aliphatic hydroxyl groups is 1. The van der Waals surface area contributed by atoms with Crippen molar-refractivity contribution in [2.45, 2.75) is 25.4 Å². The van der Waals surface area contributed by atoms with Crippen LogP contribution in [0.25, 0.3) is 0 Å². The summed E-state index contributed by atoms with van der Waals surface area (Å²) >= 11 is 6.72. The first-order chi connectivity index (χ1) is 10.3. The van der Waals surface area contributed by atoms with Crippen LogP contribution in [-0.2, 0) is 10.4 Å². The molecule has 1 atom stereocenters. The number of hydrogen-bond acceptors (Lipinski definition) is 2. The fourth-order valence-corrected chi connectivity index (χ4v) is 3.07. The Morgan fingerprint density at radius 3 is 2.09 bits per heavy atom. The summed E-state index contributed by atoms with van der Waals surface area (Å²) in [6.07, 6.45) is 0. The van der Waals surface area contributed by atoms with Gasteiger partial charge in [-0.1, -0.05) is 63.9 Å². The van der Waals surface area contributed by atoms with E-state index in [0.29, 0.717) is 11.1 Å². The molecule has 0 heterocycles. The number of carboxylic acid groups (broad SMARTS) is 1. The van der Waals surface area contributed by atoms with E-state index in [-0.39, 0.29) is 5.92 Å². The van der Waals surface area contributed by atoms with Gasteiger partial charge in [0, 0.05) is 14.5 Å². The number of rotatable bonds is 4. The zero-order valence-electron chi connectivity index (χ0n) is 12.2. The summed E-state index contributed by atoms with van der Waals surface area (Å²) in [5.41, 5.74) is -0.573. The standard InChI is InChI=1S/C17H16Br2O3/c1-10(2)14-9-13(19)7-8-15(14)17(22,16(20)21)11-3-5-12(18)6-4-11/h3-10,22H,1-2H3,(H,20,21). The lowest BCUT2D eigenvalue weighted by atomic mass is 9.81. The van der Waals surface area contributed by atoms with Gasteiger partial charge in [0.2, 0.25) is 5.60 Å². The smallest absolute Gasteiger partial charge is 0.345 e. The van der Waals surface area contributed by atoms with Gasteiger partial charge in [-0.3, -0.25) is 0 Å². The third kappa shape index (κ3) is 3.12. The molecule has 0 spiro atoms. The Hall–Kier alpha value is -1.17. The van der Waals surface area contributed by atoms with E-state index >= 15 is 0 Å². The van der Waals surface area contributed by atoms with E-state index in [9.17, 15) is 15.0 Å². The van der Waals surface area contributed by atoms with E-state index < -0.39 is 11.6 Å². The minimum atomic E-state index is -2.08. The van der Waals surface area contributed by atoms with E-state index in [1.165, 1.54) is 0 Å². The van der Waals surface area contributed by atoms with Crippen LogP contribution < -0.4 is 0 Å². The molecule has 1 unspecified atom stereocenters. The maximum atomic E-state index is 11.9. The summed E-state index contributed by atoms with van der Waals surface area (Å²) in [6.45, 7) is 3.93. The van der Waals surface area contributed by atoms with Crippen molar-refractivity contribution in [1.82, 2.24) is 0 Å². The molecule has 3 nitrogen and oxygen atoms in total. The van der Waals surface area contributed by atoms with Crippen LogP contribution in [0.15, 0.2) is 51.4 Å². The first-order valence-corrected chi connectivity index (χ1v) is 8.37. The minimum Gasteiger partial charge on any atom is -0.479 e. The van der Waals surface area contributed by atoms with Crippen molar-refractivity contribution in [3.8, 4) is 0 Å². The van der Waals surface area contributed by atoms with Crippen molar-refractivity contribution in [3.63, 3.8) is 0 Å². The second-order valence-corrected chi connectivity index (χ2v) is 7.24. The SMILES string of the molecule is CC(C)c1cc(Br)ccc1C(O)(C(=O)O)c1ccc(Br)cc1. The van der Waals surface area contributed by atoms with Crippen LogP contribution in [0.2, 0.25) is 0 Å². The predicted octanol–water partition coefficient (Wildman–Crippen LogP) is 4.66. The lowest BCUT2D eigenvalue weighted by molar-refractivity contribution is -0.155. The van der Waals surface area contributed by atoms with Gasteiger partial charge in [-0.05, 0) is 41.3 Å². The third-order valence-electron chi connectivity index (χ3n) is 3.60. The molecule has 22 heavy (non-hydrogen) atoms. The summed E-state index contributed by atoms with van der Waals surface area (Å²) in [5.74, 6) is -1.21. The predicted molar refractivity (Wildman–Crippen MR) is 93.0 cm³/mol. The highest BCUT2D eigenvalue weighted by molar-refractivity contribution is 9.10. The monoisotopic (exact) mass is 426 g/mol. The topological polar surface area (TPSA) is 57.5 Å². The molecule has 0 aromatic heterocycles.